The van der Waals surface area contributed by atoms with Crippen LogP contribution in [0, 0.1) is 5.92 Å². The van der Waals surface area contributed by atoms with Gasteiger partial charge in [-0.05, 0) is 43.7 Å². The Balaban J connectivity index is 1.57. The third-order valence-electron chi connectivity index (χ3n) is 4.43. The molecule has 1 amide bonds. The summed E-state index contributed by atoms with van der Waals surface area (Å²) in [6.45, 7) is 1.12. The third-order valence-corrected chi connectivity index (χ3v) is 4.43. The molecule has 3 rings (SSSR count). The maximum atomic E-state index is 12.3. The molecule has 1 aliphatic carbocycles. The van der Waals surface area contributed by atoms with Crippen molar-refractivity contribution in [3.63, 3.8) is 0 Å². The lowest BCUT2D eigenvalue weighted by atomic mass is 9.95. The number of nitrogens with one attached hydrogen (secondary N) is 1. The van der Waals surface area contributed by atoms with E-state index in [1.807, 2.05) is 18.2 Å². The van der Waals surface area contributed by atoms with Gasteiger partial charge in [0, 0.05) is 12.6 Å². The van der Waals surface area contributed by atoms with E-state index in [4.69, 9.17) is 9.47 Å². The van der Waals surface area contributed by atoms with Crippen LogP contribution in [0.25, 0.3) is 0 Å². The Kier molecular flexibility index (Phi) is 4.66. The summed E-state index contributed by atoms with van der Waals surface area (Å²) >= 11 is 0. The molecule has 0 bridgehead atoms. The van der Waals surface area contributed by atoms with Gasteiger partial charge in [-0.1, -0.05) is 17.7 Å². The standard InChI is InChI=1S/C18H23NO3/c1-21-16-8-7-14-9-15(12-22-17(14)10-16)18(20)19-11-13-5-3-2-4-6-13/h5,7-8,10,15H,2-4,6,9,11-12H2,1H3,(H,19,20)/t15-/m1/s1. The second kappa shape index (κ2) is 6.86. The van der Waals surface area contributed by atoms with Gasteiger partial charge in [0.05, 0.1) is 13.0 Å². The molecule has 4 nitrogen and oxygen atoms in total. The summed E-state index contributed by atoms with van der Waals surface area (Å²) in [7, 11) is 1.64. The van der Waals surface area contributed by atoms with Gasteiger partial charge < -0.3 is 14.8 Å². The average Bonchev–Trinajstić information content (AvgIpc) is 2.59. The van der Waals surface area contributed by atoms with Crippen LogP contribution in [0.3, 0.4) is 0 Å². The lowest BCUT2D eigenvalue weighted by Gasteiger charge is -2.25. The van der Waals surface area contributed by atoms with E-state index in [1.54, 1.807) is 7.11 Å². The fourth-order valence-corrected chi connectivity index (χ4v) is 3.06. The van der Waals surface area contributed by atoms with Crippen LogP contribution >= 0.6 is 0 Å². The van der Waals surface area contributed by atoms with Gasteiger partial charge in [-0.2, -0.15) is 0 Å². The highest BCUT2D eigenvalue weighted by Crippen LogP contribution is 2.31. The molecule has 1 heterocycles. The molecule has 4 heteroatoms. The number of carbonyl (C=O) groups excluding carboxylic acids is 1. The fraction of sp³-hybridized carbons (Fsp3) is 0.500. The van der Waals surface area contributed by atoms with Crippen molar-refractivity contribution in [1.82, 2.24) is 5.32 Å². The molecule has 0 radical (unpaired) electrons. The first kappa shape index (κ1) is 14.9. The number of rotatable bonds is 4. The number of fused-ring (bicyclic) bond motifs is 1. The SMILES string of the molecule is COc1ccc2c(c1)OC[C@H](C(=O)NCC1=CCCCC1)C2. The molecule has 1 N–H and O–H groups in total. The zero-order valence-electron chi connectivity index (χ0n) is 13.1. The van der Waals surface area contributed by atoms with E-state index in [2.05, 4.69) is 11.4 Å². The van der Waals surface area contributed by atoms with Gasteiger partial charge in [0.25, 0.3) is 0 Å². The largest absolute Gasteiger partial charge is 0.497 e. The van der Waals surface area contributed by atoms with E-state index in [1.165, 1.54) is 18.4 Å². The molecule has 0 saturated heterocycles. The molecule has 1 atom stereocenters. The number of amides is 1. The Labute approximate surface area is 131 Å². The van der Waals surface area contributed by atoms with Crippen LogP contribution in [-0.4, -0.2) is 26.2 Å². The van der Waals surface area contributed by atoms with Crippen molar-refractivity contribution < 1.29 is 14.3 Å². The Morgan fingerprint density at radius 2 is 2.32 bits per heavy atom. The van der Waals surface area contributed by atoms with E-state index in [9.17, 15) is 4.79 Å². The number of methoxy groups -OCH3 is 1. The third kappa shape index (κ3) is 3.43. The summed E-state index contributed by atoms with van der Waals surface area (Å²) in [5.41, 5.74) is 2.44. The topological polar surface area (TPSA) is 47.6 Å². The van der Waals surface area contributed by atoms with E-state index >= 15 is 0 Å². The highest BCUT2D eigenvalue weighted by Gasteiger charge is 2.26. The number of hydrogen-bond acceptors (Lipinski definition) is 3. The second-order valence-corrected chi connectivity index (χ2v) is 6.01. The summed E-state index contributed by atoms with van der Waals surface area (Å²) in [5.74, 6) is 1.60. The van der Waals surface area contributed by atoms with Gasteiger partial charge in [-0.3, -0.25) is 4.79 Å². The Morgan fingerprint density at radius 3 is 3.09 bits per heavy atom. The molecule has 0 unspecified atom stereocenters. The Hall–Kier alpha value is -1.97. The first-order chi connectivity index (χ1) is 10.8. The number of benzene rings is 1. The molecule has 0 saturated carbocycles. The monoisotopic (exact) mass is 301 g/mol. The molecule has 1 aliphatic heterocycles. The molecule has 1 aromatic rings. The summed E-state index contributed by atoms with van der Waals surface area (Å²) in [5, 5.41) is 3.06. The van der Waals surface area contributed by atoms with E-state index in [0.29, 0.717) is 13.2 Å². The first-order valence-electron chi connectivity index (χ1n) is 8.01. The molecule has 2 aliphatic rings. The molecular weight excluding hydrogens is 278 g/mol. The predicted octanol–water partition coefficient (Wildman–Crippen LogP) is 2.86. The Bertz CT molecular complexity index is 580. The van der Waals surface area contributed by atoms with Crippen LogP contribution < -0.4 is 14.8 Å². The van der Waals surface area contributed by atoms with Crippen molar-refractivity contribution in [2.75, 3.05) is 20.3 Å². The smallest absolute Gasteiger partial charge is 0.227 e. The molecule has 22 heavy (non-hydrogen) atoms. The minimum Gasteiger partial charge on any atom is -0.497 e. The van der Waals surface area contributed by atoms with Crippen LogP contribution in [-0.2, 0) is 11.2 Å². The van der Waals surface area contributed by atoms with Crippen LogP contribution in [0.4, 0.5) is 0 Å². The van der Waals surface area contributed by atoms with Crippen LogP contribution in [0.15, 0.2) is 29.8 Å². The second-order valence-electron chi connectivity index (χ2n) is 6.01. The van der Waals surface area contributed by atoms with Crippen molar-refractivity contribution in [2.24, 2.45) is 5.92 Å². The van der Waals surface area contributed by atoms with Gasteiger partial charge >= 0.3 is 0 Å². The van der Waals surface area contributed by atoms with Crippen LogP contribution in [0.1, 0.15) is 31.2 Å². The minimum absolute atomic E-state index is 0.0907. The van der Waals surface area contributed by atoms with E-state index in [-0.39, 0.29) is 11.8 Å². The number of carbonyl (C=O) groups is 1. The quantitative estimate of drug-likeness (QED) is 0.870. The molecule has 0 fully saturated rings. The summed E-state index contributed by atoms with van der Waals surface area (Å²) in [6.07, 6.45) is 7.77. The van der Waals surface area contributed by atoms with Crippen molar-refractivity contribution in [2.45, 2.75) is 32.1 Å². The molecule has 0 spiro atoms. The van der Waals surface area contributed by atoms with Gasteiger partial charge in [-0.15, -0.1) is 0 Å². The predicted molar refractivity (Wildman–Crippen MR) is 85.2 cm³/mol. The summed E-state index contributed by atoms with van der Waals surface area (Å²) in [4.78, 5) is 12.3. The normalized spacial score (nSPS) is 20.4. The number of allylic oxidation sites excluding steroid dienone is 1. The maximum Gasteiger partial charge on any atom is 0.227 e. The van der Waals surface area contributed by atoms with E-state index in [0.717, 1.165) is 36.3 Å². The van der Waals surface area contributed by atoms with Gasteiger partial charge in [0.15, 0.2) is 0 Å². The molecule has 0 aromatic heterocycles. The van der Waals surface area contributed by atoms with Crippen molar-refractivity contribution in [3.05, 3.63) is 35.4 Å². The lowest BCUT2D eigenvalue weighted by Crippen LogP contribution is -2.38. The lowest BCUT2D eigenvalue weighted by molar-refractivity contribution is -0.126. The summed E-state index contributed by atoms with van der Waals surface area (Å²) in [6, 6.07) is 5.78. The van der Waals surface area contributed by atoms with Crippen LogP contribution in [0.2, 0.25) is 0 Å². The number of ether oxygens (including phenoxy) is 2. The summed E-state index contributed by atoms with van der Waals surface area (Å²) < 4.78 is 10.9. The molecule has 118 valence electrons. The molecule has 1 aromatic carbocycles. The van der Waals surface area contributed by atoms with Crippen molar-refractivity contribution >= 4 is 5.91 Å². The zero-order chi connectivity index (χ0) is 15.4. The highest BCUT2D eigenvalue weighted by atomic mass is 16.5. The Morgan fingerprint density at radius 1 is 1.41 bits per heavy atom. The van der Waals surface area contributed by atoms with Crippen molar-refractivity contribution in [1.29, 1.82) is 0 Å². The minimum atomic E-state index is -0.106. The molecular formula is C18H23NO3. The van der Waals surface area contributed by atoms with Gasteiger partial charge in [0.2, 0.25) is 5.91 Å². The van der Waals surface area contributed by atoms with E-state index < -0.39 is 0 Å². The number of hydrogen-bond donors (Lipinski definition) is 1. The first-order valence-corrected chi connectivity index (χ1v) is 8.01. The fourth-order valence-electron chi connectivity index (χ4n) is 3.06. The van der Waals surface area contributed by atoms with Gasteiger partial charge in [0.1, 0.15) is 18.1 Å². The highest BCUT2D eigenvalue weighted by molar-refractivity contribution is 5.79. The van der Waals surface area contributed by atoms with Crippen LogP contribution in [0.5, 0.6) is 11.5 Å². The zero-order valence-corrected chi connectivity index (χ0v) is 13.1. The van der Waals surface area contributed by atoms with Crippen molar-refractivity contribution in [3.8, 4) is 11.5 Å². The maximum absolute atomic E-state index is 12.3. The average molecular weight is 301 g/mol. The van der Waals surface area contributed by atoms with Gasteiger partial charge in [-0.25, -0.2) is 0 Å².